The molecule has 1 aromatic heterocycles. The molecule has 2 aliphatic heterocycles. The molecule has 3 aromatic rings. The van der Waals surface area contributed by atoms with Crippen LogP contribution in [0.4, 0.5) is 14.5 Å². The third-order valence-electron chi connectivity index (χ3n) is 6.05. The molecule has 0 atom stereocenters. The standard InChI is InChI=1S/C26H24F2N3O3/c27-11-15-34-24-17-31(22-7-6-19(16-21(22)28)18-9-13-33-14-10-18)29-25(26(24)32)23-8-12-30(23)20-4-2-1-3-5-20/h1-8,12,16-18H,9-11,13-15H2/q+1. The fourth-order valence-electron chi connectivity index (χ4n) is 4.23. The molecule has 1 saturated heterocycles. The van der Waals surface area contributed by atoms with Crippen LogP contribution in [-0.4, -0.2) is 46.6 Å². The van der Waals surface area contributed by atoms with Crippen LogP contribution in [0, 0.1) is 5.82 Å². The lowest BCUT2D eigenvalue weighted by atomic mass is 9.91. The summed E-state index contributed by atoms with van der Waals surface area (Å²) in [5.74, 6) is -0.304. The molecule has 0 N–H and O–H groups in total. The van der Waals surface area contributed by atoms with Crippen molar-refractivity contribution in [1.29, 1.82) is 0 Å². The Kier molecular flexibility index (Phi) is 6.31. The number of halogens is 2. The second kappa shape index (κ2) is 9.69. The Balaban J connectivity index is 1.58. The fraction of sp³-hybridized carbons (Fsp3) is 0.269. The second-order valence-corrected chi connectivity index (χ2v) is 8.16. The molecule has 0 bridgehead atoms. The van der Waals surface area contributed by atoms with E-state index in [0.29, 0.717) is 18.9 Å². The number of rotatable bonds is 7. The van der Waals surface area contributed by atoms with Crippen molar-refractivity contribution in [3.8, 4) is 11.4 Å². The fourth-order valence-corrected chi connectivity index (χ4v) is 4.23. The van der Waals surface area contributed by atoms with Gasteiger partial charge in [-0.1, -0.05) is 24.3 Å². The number of hydrogen-bond acceptors (Lipinski definition) is 4. The number of para-hydroxylation sites is 1. The molecule has 0 amide bonds. The molecule has 174 valence electrons. The van der Waals surface area contributed by atoms with E-state index in [1.54, 1.807) is 12.1 Å². The van der Waals surface area contributed by atoms with Gasteiger partial charge < -0.3 is 9.47 Å². The van der Waals surface area contributed by atoms with Gasteiger partial charge in [0.05, 0.1) is 12.3 Å². The normalized spacial score (nSPS) is 15.9. The molecule has 2 aliphatic rings. The van der Waals surface area contributed by atoms with Crippen molar-refractivity contribution >= 4 is 11.4 Å². The highest BCUT2D eigenvalue weighted by molar-refractivity contribution is 6.06. The molecule has 8 heteroatoms. The first kappa shape index (κ1) is 22.2. The Morgan fingerprint density at radius 2 is 1.94 bits per heavy atom. The first-order valence-electron chi connectivity index (χ1n) is 11.3. The van der Waals surface area contributed by atoms with Gasteiger partial charge in [-0.3, -0.25) is 4.79 Å². The number of ether oxygens (including phenoxy) is 2. The van der Waals surface area contributed by atoms with E-state index in [-0.39, 0.29) is 29.7 Å². The second-order valence-electron chi connectivity index (χ2n) is 8.16. The molecule has 6 nitrogen and oxygen atoms in total. The van der Waals surface area contributed by atoms with Crippen LogP contribution in [0.25, 0.3) is 5.69 Å². The number of allylic oxidation sites excluding steroid dienone is 1. The molecule has 34 heavy (non-hydrogen) atoms. The Morgan fingerprint density at radius 3 is 2.62 bits per heavy atom. The molecule has 0 saturated carbocycles. The van der Waals surface area contributed by atoms with Gasteiger partial charge in [0.1, 0.15) is 24.8 Å². The molecule has 0 unspecified atom stereocenters. The van der Waals surface area contributed by atoms with Gasteiger partial charge in [-0.15, -0.1) is 0 Å². The van der Waals surface area contributed by atoms with Gasteiger partial charge in [-0.2, -0.15) is 9.67 Å². The van der Waals surface area contributed by atoms with Gasteiger partial charge in [0.25, 0.3) is 5.43 Å². The first-order valence-corrected chi connectivity index (χ1v) is 11.3. The van der Waals surface area contributed by atoms with E-state index in [1.165, 1.54) is 16.9 Å². The molecule has 2 aromatic carbocycles. The van der Waals surface area contributed by atoms with Crippen LogP contribution < -0.4 is 10.2 Å². The van der Waals surface area contributed by atoms with Gasteiger partial charge in [0.15, 0.2) is 11.9 Å². The highest BCUT2D eigenvalue weighted by Crippen LogP contribution is 2.29. The molecule has 0 aliphatic carbocycles. The zero-order chi connectivity index (χ0) is 23.5. The maximum atomic E-state index is 15.2. The summed E-state index contributed by atoms with van der Waals surface area (Å²) in [6, 6.07) is 14.5. The minimum absolute atomic E-state index is 0.0867. The Morgan fingerprint density at radius 1 is 1.15 bits per heavy atom. The van der Waals surface area contributed by atoms with Crippen molar-refractivity contribution < 1.29 is 22.8 Å². The van der Waals surface area contributed by atoms with E-state index < -0.39 is 17.9 Å². The zero-order valence-electron chi connectivity index (χ0n) is 18.5. The van der Waals surface area contributed by atoms with Crippen molar-refractivity contribution in [3.63, 3.8) is 0 Å². The third kappa shape index (κ3) is 4.28. The summed E-state index contributed by atoms with van der Waals surface area (Å²) in [5, 5.41) is 4.45. The van der Waals surface area contributed by atoms with Gasteiger partial charge >= 0.3 is 0 Å². The zero-order valence-corrected chi connectivity index (χ0v) is 18.5. The lowest BCUT2D eigenvalue weighted by molar-refractivity contribution is -0.370. The Hall–Kier alpha value is -3.65. The summed E-state index contributed by atoms with van der Waals surface area (Å²) >= 11 is 0. The number of hydrogen-bond donors (Lipinski definition) is 0. The number of nitrogens with zero attached hydrogens (tertiary/aromatic N) is 3. The predicted octanol–water partition coefficient (Wildman–Crippen LogP) is 4.27. The quantitative estimate of drug-likeness (QED) is 0.490. The van der Waals surface area contributed by atoms with Crippen LogP contribution >= 0.6 is 0 Å². The monoisotopic (exact) mass is 464 g/mol. The summed E-state index contributed by atoms with van der Waals surface area (Å²) in [4.78, 5) is 13.1. The summed E-state index contributed by atoms with van der Waals surface area (Å²) in [6.07, 6.45) is 6.57. The van der Waals surface area contributed by atoms with Crippen molar-refractivity contribution in [3.05, 3.63) is 94.3 Å². The number of aromatic nitrogens is 2. The van der Waals surface area contributed by atoms with E-state index in [0.717, 1.165) is 24.1 Å². The summed E-state index contributed by atoms with van der Waals surface area (Å²) in [6.45, 7) is 0.297. The van der Waals surface area contributed by atoms with Crippen LogP contribution in [0.5, 0.6) is 5.75 Å². The first-order chi connectivity index (χ1) is 16.7. The molecule has 0 spiro atoms. The van der Waals surface area contributed by atoms with Crippen molar-refractivity contribution in [2.75, 3.05) is 26.5 Å². The van der Waals surface area contributed by atoms with E-state index in [1.807, 2.05) is 47.2 Å². The minimum Gasteiger partial charge on any atom is -0.485 e. The van der Waals surface area contributed by atoms with E-state index in [4.69, 9.17) is 9.47 Å². The van der Waals surface area contributed by atoms with E-state index in [2.05, 4.69) is 5.10 Å². The molecular weight excluding hydrogens is 440 g/mol. The van der Waals surface area contributed by atoms with Crippen LogP contribution in [0.3, 0.4) is 0 Å². The van der Waals surface area contributed by atoms with Gasteiger partial charge in [0.2, 0.25) is 17.1 Å². The number of benzene rings is 2. The molecule has 3 heterocycles. The maximum absolute atomic E-state index is 15.2. The van der Waals surface area contributed by atoms with Crippen LogP contribution in [0.1, 0.15) is 30.0 Å². The predicted molar refractivity (Wildman–Crippen MR) is 124 cm³/mol. The van der Waals surface area contributed by atoms with Crippen LogP contribution in [-0.2, 0) is 4.74 Å². The molecular formula is C26H24F2N3O3+. The summed E-state index contributed by atoms with van der Waals surface area (Å²) in [7, 11) is 0. The minimum atomic E-state index is -0.752. The Labute approximate surface area is 195 Å². The van der Waals surface area contributed by atoms with E-state index >= 15 is 4.39 Å². The average molecular weight is 464 g/mol. The molecule has 0 radical (unpaired) electrons. The largest absolute Gasteiger partial charge is 0.485 e. The van der Waals surface area contributed by atoms with Gasteiger partial charge in [0, 0.05) is 25.3 Å². The summed E-state index contributed by atoms with van der Waals surface area (Å²) in [5.41, 5.74) is 2.10. The van der Waals surface area contributed by atoms with E-state index in [9.17, 15) is 9.18 Å². The van der Waals surface area contributed by atoms with Crippen molar-refractivity contribution in [2.24, 2.45) is 0 Å². The SMILES string of the molecule is O=c1c(OCCF)cn(-c2ccc(C3CCOCC3)cc2F)nc1C1=[N+](c2ccccc2)C=C1. The highest BCUT2D eigenvalue weighted by Gasteiger charge is 2.30. The number of alkyl halides is 1. The van der Waals surface area contributed by atoms with Crippen LogP contribution in [0.2, 0.25) is 0 Å². The lowest BCUT2D eigenvalue weighted by Crippen LogP contribution is -2.30. The Bertz CT molecular complexity index is 1310. The van der Waals surface area contributed by atoms with Crippen molar-refractivity contribution in [2.45, 2.75) is 18.8 Å². The van der Waals surface area contributed by atoms with Gasteiger partial charge in [-0.05, 0) is 36.5 Å². The maximum Gasteiger partial charge on any atom is 0.256 e. The van der Waals surface area contributed by atoms with Crippen molar-refractivity contribution in [1.82, 2.24) is 9.78 Å². The molecule has 5 rings (SSSR count). The van der Waals surface area contributed by atoms with Gasteiger partial charge in [-0.25, -0.2) is 13.5 Å². The highest BCUT2D eigenvalue weighted by atomic mass is 19.1. The summed E-state index contributed by atoms with van der Waals surface area (Å²) < 4.78 is 41.9. The average Bonchev–Trinajstić information content (AvgIpc) is 2.85. The molecule has 1 fully saturated rings. The third-order valence-corrected chi connectivity index (χ3v) is 6.05. The lowest BCUT2D eigenvalue weighted by Gasteiger charge is -2.22. The topological polar surface area (TPSA) is 56.4 Å². The van der Waals surface area contributed by atoms with Crippen LogP contribution in [0.15, 0.2) is 71.8 Å². The smallest absolute Gasteiger partial charge is 0.256 e.